The molecule has 30 heavy (non-hydrogen) atoms. The molecule has 0 aliphatic heterocycles. The van der Waals surface area contributed by atoms with Crippen LogP contribution >= 0.6 is 11.8 Å². The number of carbonyl (C=O) groups is 1. The standard InChI is InChI=1S/C23H23N5OS/c1-16-3-7-18(8-4-16)15-30-22-12-11-20-25-26-21(28(20)27-22)13-14-24-23(29)19-9-5-17(2)6-10-19/h3-12H,13-15H2,1-2H3,(H,24,29). The molecule has 2 heterocycles. The molecule has 0 unspecified atom stereocenters. The molecule has 0 saturated heterocycles. The molecule has 1 N–H and O–H groups in total. The van der Waals surface area contributed by atoms with Gasteiger partial charge in [0, 0.05) is 24.3 Å². The highest BCUT2D eigenvalue weighted by molar-refractivity contribution is 7.98. The number of hydrogen-bond acceptors (Lipinski definition) is 5. The summed E-state index contributed by atoms with van der Waals surface area (Å²) >= 11 is 1.68. The summed E-state index contributed by atoms with van der Waals surface area (Å²) in [6.45, 7) is 4.55. The lowest BCUT2D eigenvalue weighted by atomic mass is 10.1. The van der Waals surface area contributed by atoms with Gasteiger partial charge >= 0.3 is 0 Å². The van der Waals surface area contributed by atoms with E-state index >= 15 is 0 Å². The molecule has 4 aromatic rings. The van der Waals surface area contributed by atoms with E-state index in [1.807, 2.05) is 43.3 Å². The molecule has 0 fully saturated rings. The Kier molecular flexibility index (Phi) is 6.09. The number of benzene rings is 2. The van der Waals surface area contributed by atoms with E-state index in [4.69, 9.17) is 0 Å². The van der Waals surface area contributed by atoms with Crippen molar-refractivity contribution in [3.63, 3.8) is 0 Å². The molecule has 6 nitrogen and oxygen atoms in total. The van der Waals surface area contributed by atoms with Crippen molar-refractivity contribution in [1.29, 1.82) is 0 Å². The number of carbonyl (C=O) groups excluding carboxylic acids is 1. The largest absolute Gasteiger partial charge is 0.352 e. The maximum atomic E-state index is 12.3. The number of nitrogens with one attached hydrogen (secondary N) is 1. The molecule has 1 amide bonds. The third kappa shape index (κ3) is 4.86. The fourth-order valence-electron chi connectivity index (χ4n) is 2.99. The number of hydrogen-bond donors (Lipinski definition) is 1. The highest BCUT2D eigenvalue weighted by Crippen LogP contribution is 2.21. The molecule has 2 aromatic carbocycles. The van der Waals surface area contributed by atoms with Crippen LogP contribution in [0.3, 0.4) is 0 Å². The zero-order valence-electron chi connectivity index (χ0n) is 17.0. The van der Waals surface area contributed by atoms with Crippen molar-refractivity contribution in [2.45, 2.75) is 31.0 Å². The Labute approximate surface area is 179 Å². The molecule has 0 spiro atoms. The highest BCUT2D eigenvalue weighted by Gasteiger charge is 2.10. The number of aromatic nitrogens is 4. The second kappa shape index (κ2) is 9.09. The van der Waals surface area contributed by atoms with E-state index in [0.29, 0.717) is 24.2 Å². The fraction of sp³-hybridized carbons (Fsp3) is 0.217. The first-order chi connectivity index (χ1) is 14.6. The zero-order valence-corrected chi connectivity index (χ0v) is 17.8. The molecule has 7 heteroatoms. The molecule has 2 aromatic heterocycles. The van der Waals surface area contributed by atoms with Gasteiger partial charge in [0.25, 0.3) is 5.91 Å². The van der Waals surface area contributed by atoms with E-state index in [1.165, 1.54) is 11.1 Å². The Hall–Kier alpha value is -3.19. The third-order valence-corrected chi connectivity index (χ3v) is 5.75. The quantitative estimate of drug-likeness (QED) is 0.460. The summed E-state index contributed by atoms with van der Waals surface area (Å²) in [4.78, 5) is 12.3. The van der Waals surface area contributed by atoms with Crippen molar-refractivity contribution in [2.24, 2.45) is 0 Å². The summed E-state index contributed by atoms with van der Waals surface area (Å²) in [5.74, 6) is 1.49. The summed E-state index contributed by atoms with van der Waals surface area (Å²) in [7, 11) is 0. The topological polar surface area (TPSA) is 72.2 Å². The molecule has 152 valence electrons. The Morgan fingerprint density at radius 3 is 2.37 bits per heavy atom. The SMILES string of the molecule is Cc1ccc(CSc2ccc3nnc(CCNC(=O)c4ccc(C)cc4)n3n2)cc1. The predicted octanol–water partition coefficient (Wildman–Crippen LogP) is 4.01. The number of amides is 1. The van der Waals surface area contributed by atoms with E-state index in [0.717, 1.165) is 22.2 Å². The second-order valence-corrected chi connectivity index (χ2v) is 8.20. The van der Waals surface area contributed by atoms with Gasteiger partial charge in [-0.2, -0.15) is 9.61 Å². The lowest BCUT2D eigenvalue weighted by Gasteiger charge is -2.06. The van der Waals surface area contributed by atoms with Gasteiger partial charge in [-0.3, -0.25) is 4.79 Å². The molecule has 0 aliphatic carbocycles. The van der Waals surface area contributed by atoms with Crippen molar-refractivity contribution in [1.82, 2.24) is 25.1 Å². The monoisotopic (exact) mass is 417 g/mol. The summed E-state index contributed by atoms with van der Waals surface area (Å²) in [6, 6.07) is 19.9. The van der Waals surface area contributed by atoms with Crippen LogP contribution in [0.25, 0.3) is 5.65 Å². The van der Waals surface area contributed by atoms with Crippen molar-refractivity contribution < 1.29 is 4.79 Å². The van der Waals surface area contributed by atoms with Gasteiger partial charge in [0.2, 0.25) is 0 Å². The number of rotatable bonds is 7. The fourth-order valence-corrected chi connectivity index (χ4v) is 3.80. The molecule has 0 radical (unpaired) electrons. The first-order valence-corrected chi connectivity index (χ1v) is 10.8. The number of fused-ring (bicyclic) bond motifs is 1. The van der Waals surface area contributed by atoms with Crippen molar-refractivity contribution in [3.8, 4) is 0 Å². The van der Waals surface area contributed by atoms with Crippen LogP contribution in [-0.2, 0) is 12.2 Å². The van der Waals surface area contributed by atoms with E-state index in [1.54, 1.807) is 16.3 Å². The van der Waals surface area contributed by atoms with Crippen molar-refractivity contribution >= 4 is 23.3 Å². The zero-order chi connectivity index (χ0) is 20.9. The van der Waals surface area contributed by atoms with Gasteiger partial charge < -0.3 is 5.32 Å². The van der Waals surface area contributed by atoms with Crippen LogP contribution in [0.5, 0.6) is 0 Å². The number of nitrogens with zero attached hydrogens (tertiary/aromatic N) is 4. The van der Waals surface area contributed by atoms with Gasteiger partial charge in [0.1, 0.15) is 5.03 Å². The van der Waals surface area contributed by atoms with Gasteiger partial charge in [-0.05, 0) is 43.7 Å². The first kappa shape index (κ1) is 20.1. The van der Waals surface area contributed by atoms with Crippen LogP contribution in [-0.4, -0.2) is 32.3 Å². The van der Waals surface area contributed by atoms with Gasteiger partial charge in [0.15, 0.2) is 11.5 Å². The maximum absolute atomic E-state index is 12.3. The molecule has 0 bridgehead atoms. The van der Waals surface area contributed by atoms with E-state index < -0.39 is 0 Å². The summed E-state index contributed by atoms with van der Waals surface area (Å²) in [5, 5.41) is 16.9. The van der Waals surface area contributed by atoms with Crippen LogP contribution < -0.4 is 5.32 Å². The van der Waals surface area contributed by atoms with Gasteiger partial charge in [-0.25, -0.2) is 0 Å². The molecular weight excluding hydrogens is 394 g/mol. The summed E-state index contributed by atoms with van der Waals surface area (Å²) in [6.07, 6.45) is 0.553. The average molecular weight is 418 g/mol. The van der Waals surface area contributed by atoms with Crippen LogP contribution in [0.15, 0.2) is 65.7 Å². The van der Waals surface area contributed by atoms with Crippen LogP contribution in [0.1, 0.15) is 32.9 Å². The molecule has 0 atom stereocenters. The predicted molar refractivity (Wildman–Crippen MR) is 119 cm³/mol. The first-order valence-electron chi connectivity index (χ1n) is 9.83. The van der Waals surface area contributed by atoms with Crippen LogP contribution in [0, 0.1) is 13.8 Å². The molecular formula is C23H23N5OS. The van der Waals surface area contributed by atoms with Crippen LogP contribution in [0.2, 0.25) is 0 Å². The third-order valence-electron chi connectivity index (χ3n) is 4.76. The Bertz CT molecular complexity index is 1150. The highest BCUT2D eigenvalue weighted by atomic mass is 32.2. The lowest BCUT2D eigenvalue weighted by Crippen LogP contribution is -2.26. The summed E-state index contributed by atoms with van der Waals surface area (Å²) < 4.78 is 1.76. The Morgan fingerprint density at radius 2 is 1.63 bits per heavy atom. The molecule has 4 rings (SSSR count). The molecule has 0 aliphatic rings. The van der Waals surface area contributed by atoms with E-state index in [-0.39, 0.29) is 5.91 Å². The van der Waals surface area contributed by atoms with Gasteiger partial charge in [0.05, 0.1) is 0 Å². The minimum absolute atomic E-state index is 0.0916. The Balaban J connectivity index is 1.38. The minimum atomic E-state index is -0.0916. The van der Waals surface area contributed by atoms with Gasteiger partial charge in [-0.1, -0.05) is 59.3 Å². The van der Waals surface area contributed by atoms with Crippen molar-refractivity contribution in [2.75, 3.05) is 6.54 Å². The maximum Gasteiger partial charge on any atom is 0.251 e. The smallest absolute Gasteiger partial charge is 0.251 e. The van der Waals surface area contributed by atoms with E-state index in [2.05, 4.69) is 51.8 Å². The number of thioether (sulfide) groups is 1. The molecule has 0 saturated carbocycles. The minimum Gasteiger partial charge on any atom is -0.352 e. The lowest BCUT2D eigenvalue weighted by molar-refractivity contribution is 0.0954. The van der Waals surface area contributed by atoms with E-state index in [9.17, 15) is 4.79 Å². The van der Waals surface area contributed by atoms with Gasteiger partial charge in [-0.15, -0.1) is 10.2 Å². The second-order valence-electron chi connectivity index (χ2n) is 7.20. The summed E-state index contributed by atoms with van der Waals surface area (Å²) in [5.41, 5.74) is 5.00. The number of aryl methyl sites for hydroxylation is 2. The van der Waals surface area contributed by atoms with Crippen LogP contribution in [0.4, 0.5) is 0 Å². The Morgan fingerprint density at radius 1 is 0.933 bits per heavy atom. The van der Waals surface area contributed by atoms with Crippen molar-refractivity contribution in [3.05, 3.63) is 88.7 Å². The normalized spacial score (nSPS) is 11.0. The average Bonchev–Trinajstić information content (AvgIpc) is 3.16.